The molecular weight excluding hydrogens is 363 g/mol. The van der Waals surface area contributed by atoms with E-state index < -0.39 is 11.9 Å². The van der Waals surface area contributed by atoms with E-state index in [0.717, 1.165) is 10.2 Å². The minimum atomic E-state index is -0.614. The molecular formula is C17H14ClFN4OS. The Morgan fingerprint density at radius 3 is 3.00 bits per heavy atom. The molecule has 1 heterocycles. The SMILES string of the molecule is CC\C(F)=C(C#N)/C=C(C)/C=N/C(=O)Nc1nc2ccc(Cl)cc2s1. The molecule has 1 aromatic carbocycles. The van der Waals surface area contributed by atoms with E-state index in [2.05, 4.69) is 15.3 Å². The molecule has 0 aliphatic rings. The second-order valence-electron chi connectivity index (χ2n) is 4.99. The molecule has 128 valence electrons. The number of allylic oxidation sites excluding steroid dienone is 4. The van der Waals surface area contributed by atoms with Gasteiger partial charge in [-0.25, -0.2) is 19.2 Å². The number of halogens is 2. The summed E-state index contributed by atoms with van der Waals surface area (Å²) in [4.78, 5) is 19.8. The third kappa shape index (κ3) is 5.21. The smallest absolute Gasteiger partial charge is 0.282 e. The van der Waals surface area contributed by atoms with Gasteiger partial charge < -0.3 is 0 Å². The number of benzene rings is 1. The van der Waals surface area contributed by atoms with Gasteiger partial charge in [-0.1, -0.05) is 29.9 Å². The van der Waals surface area contributed by atoms with E-state index in [0.29, 0.717) is 15.7 Å². The summed E-state index contributed by atoms with van der Waals surface area (Å²) < 4.78 is 14.3. The van der Waals surface area contributed by atoms with Crippen LogP contribution in [0.1, 0.15) is 20.3 Å². The van der Waals surface area contributed by atoms with Crippen molar-refractivity contribution in [3.05, 3.63) is 46.3 Å². The average molecular weight is 377 g/mol. The van der Waals surface area contributed by atoms with Crippen LogP contribution >= 0.6 is 22.9 Å². The van der Waals surface area contributed by atoms with Gasteiger partial charge >= 0.3 is 6.03 Å². The van der Waals surface area contributed by atoms with Crippen molar-refractivity contribution in [1.82, 2.24) is 4.98 Å². The second kappa shape index (κ2) is 8.51. The zero-order chi connectivity index (χ0) is 18.4. The van der Waals surface area contributed by atoms with Gasteiger partial charge in [0, 0.05) is 11.2 Å². The van der Waals surface area contributed by atoms with Gasteiger partial charge in [0.2, 0.25) is 0 Å². The van der Waals surface area contributed by atoms with Gasteiger partial charge in [0.25, 0.3) is 0 Å². The number of anilines is 1. The number of carbonyl (C=O) groups is 1. The molecule has 1 aromatic heterocycles. The summed E-state index contributed by atoms with van der Waals surface area (Å²) in [6.07, 6.45) is 2.74. The summed E-state index contributed by atoms with van der Waals surface area (Å²) in [6, 6.07) is 6.41. The summed E-state index contributed by atoms with van der Waals surface area (Å²) in [6.45, 7) is 3.24. The van der Waals surface area contributed by atoms with Crippen molar-refractivity contribution in [3.63, 3.8) is 0 Å². The molecule has 2 rings (SSSR count). The van der Waals surface area contributed by atoms with Crippen LogP contribution in [0.15, 0.2) is 46.2 Å². The number of carbonyl (C=O) groups excluding carboxylic acids is 1. The molecule has 0 bridgehead atoms. The lowest BCUT2D eigenvalue weighted by molar-refractivity contribution is 0.259. The van der Waals surface area contributed by atoms with E-state index in [1.807, 2.05) is 0 Å². The van der Waals surface area contributed by atoms with Gasteiger partial charge in [-0.3, -0.25) is 5.32 Å². The number of thiazole rings is 1. The number of fused-ring (bicyclic) bond motifs is 1. The number of nitriles is 1. The molecule has 0 spiro atoms. The van der Waals surface area contributed by atoms with Crippen molar-refractivity contribution in [3.8, 4) is 6.07 Å². The lowest BCUT2D eigenvalue weighted by atomic mass is 10.1. The average Bonchev–Trinajstić information content (AvgIpc) is 2.98. The summed E-state index contributed by atoms with van der Waals surface area (Å²) in [7, 11) is 0. The number of nitrogens with one attached hydrogen (secondary N) is 1. The van der Waals surface area contributed by atoms with Crippen LogP contribution in [0, 0.1) is 11.3 Å². The molecule has 0 aliphatic carbocycles. The van der Waals surface area contributed by atoms with Crippen LogP contribution in [0.3, 0.4) is 0 Å². The van der Waals surface area contributed by atoms with Crippen molar-refractivity contribution in [2.45, 2.75) is 20.3 Å². The van der Waals surface area contributed by atoms with Crippen molar-refractivity contribution < 1.29 is 9.18 Å². The topological polar surface area (TPSA) is 78.1 Å². The monoisotopic (exact) mass is 376 g/mol. The van der Waals surface area contributed by atoms with Crippen LogP contribution in [0.5, 0.6) is 0 Å². The molecule has 2 aromatic rings. The van der Waals surface area contributed by atoms with Gasteiger partial charge in [0.05, 0.1) is 15.8 Å². The number of hydrogen-bond donors (Lipinski definition) is 1. The summed E-state index contributed by atoms with van der Waals surface area (Å²) in [5.74, 6) is -0.507. The molecule has 0 atom stereocenters. The predicted octanol–water partition coefficient (Wildman–Crippen LogP) is 5.66. The van der Waals surface area contributed by atoms with E-state index >= 15 is 0 Å². The molecule has 0 fully saturated rings. The number of aliphatic imine (C=N–C) groups is 1. The van der Waals surface area contributed by atoms with E-state index in [4.69, 9.17) is 16.9 Å². The van der Waals surface area contributed by atoms with Crippen molar-refractivity contribution in [2.24, 2.45) is 4.99 Å². The Balaban J connectivity index is 2.08. The van der Waals surface area contributed by atoms with Gasteiger partial charge in [0.15, 0.2) is 5.13 Å². The quantitative estimate of drug-likeness (QED) is 0.425. The summed E-state index contributed by atoms with van der Waals surface area (Å²) in [5, 5.41) is 12.5. The fraction of sp³-hybridized carbons (Fsp3) is 0.176. The highest BCUT2D eigenvalue weighted by molar-refractivity contribution is 7.22. The Labute approximate surface area is 153 Å². The maximum atomic E-state index is 13.4. The first-order chi connectivity index (χ1) is 11.9. The lowest BCUT2D eigenvalue weighted by Crippen LogP contribution is -2.06. The molecule has 0 aliphatic heterocycles. The molecule has 0 radical (unpaired) electrons. The van der Waals surface area contributed by atoms with E-state index in [9.17, 15) is 9.18 Å². The number of amides is 2. The first-order valence-corrected chi connectivity index (χ1v) is 8.50. The third-order valence-corrected chi connectivity index (χ3v) is 4.21. The Morgan fingerprint density at radius 1 is 1.56 bits per heavy atom. The fourth-order valence-corrected chi connectivity index (χ4v) is 2.99. The van der Waals surface area contributed by atoms with Crippen LogP contribution in [0.4, 0.5) is 14.3 Å². The van der Waals surface area contributed by atoms with Crippen molar-refractivity contribution in [2.75, 3.05) is 5.32 Å². The van der Waals surface area contributed by atoms with Crippen molar-refractivity contribution >= 4 is 50.5 Å². The molecule has 0 saturated carbocycles. The Morgan fingerprint density at radius 2 is 2.32 bits per heavy atom. The number of rotatable bonds is 4. The van der Waals surface area contributed by atoms with E-state index in [1.165, 1.54) is 23.6 Å². The Kier molecular flexibility index (Phi) is 6.39. The highest BCUT2D eigenvalue weighted by atomic mass is 35.5. The second-order valence-corrected chi connectivity index (χ2v) is 6.46. The first-order valence-electron chi connectivity index (χ1n) is 7.31. The van der Waals surface area contributed by atoms with Crippen LogP contribution in [-0.2, 0) is 0 Å². The number of nitrogens with zero attached hydrogens (tertiary/aromatic N) is 3. The van der Waals surface area contributed by atoms with Gasteiger partial charge in [-0.05, 0) is 43.2 Å². The fourth-order valence-electron chi connectivity index (χ4n) is 1.86. The van der Waals surface area contributed by atoms with Crippen LogP contribution in [0.2, 0.25) is 5.02 Å². The minimum absolute atomic E-state index is 0.0742. The molecule has 2 amide bonds. The minimum Gasteiger partial charge on any atom is -0.282 e. The normalized spacial score (nSPS) is 13.0. The van der Waals surface area contributed by atoms with Crippen LogP contribution in [-0.4, -0.2) is 17.2 Å². The van der Waals surface area contributed by atoms with Crippen LogP contribution in [0.25, 0.3) is 10.2 Å². The Bertz CT molecular complexity index is 940. The van der Waals surface area contributed by atoms with Crippen LogP contribution < -0.4 is 5.32 Å². The molecule has 1 N–H and O–H groups in total. The largest absolute Gasteiger partial charge is 0.347 e. The zero-order valence-electron chi connectivity index (χ0n) is 13.5. The number of urea groups is 1. The maximum absolute atomic E-state index is 13.4. The molecule has 5 nitrogen and oxygen atoms in total. The van der Waals surface area contributed by atoms with E-state index in [1.54, 1.807) is 38.1 Å². The number of hydrogen-bond acceptors (Lipinski definition) is 4. The molecule has 8 heteroatoms. The maximum Gasteiger partial charge on any atom is 0.347 e. The third-order valence-electron chi connectivity index (χ3n) is 3.04. The number of aromatic nitrogens is 1. The van der Waals surface area contributed by atoms with Gasteiger partial charge in [-0.2, -0.15) is 5.26 Å². The molecule has 0 unspecified atom stereocenters. The van der Waals surface area contributed by atoms with E-state index in [-0.39, 0.29) is 12.0 Å². The van der Waals surface area contributed by atoms with Gasteiger partial charge in [-0.15, -0.1) is 0 Å². The Hall–Kier alpha value is -2.56. The van der Waals surface area contributed by atoms with Crippen molar-refractivity contribution in [1.29, 1.82) is 5.26 Å². The summed E-state index contributed by atoms with van der Waals surface area (Å²) >= 11 is 7.19. The molecule has 0 saturated heterocycles. The first kappa shape index (κ1) is 18.8. The standard InChI is InChI=1S/C17H14ClFN4OS/c1-3-13(19)11(8-20)6-10(2)9-21-16(24)23-17-22-14-5-4-12(18)7-15(14)25-17/h4-7,9H,3H2,1-2H3,(H,22,23,24)/b10-6+,13-11-,21-9+. The predicted molar refractivity (Wildman–Crippen MR) is 99.9 cm³/mol. The zero-order valence-corrected chi connectivity index (χ0v) is 15.1. The molecule has 25 heavy (non-hydrogen) atoms. The van der Waals surface area contributed by atoms with Gasteiger partial charge in [0.1, 0.15) is 11.9 Å². The lowest BCUT2D eigenvalue weighted by Gasteiger charge is -1.96. The highest BCUT2D eigenvalue weighted by Crippen LogP contribution is 2.28. The highest BCUT2D eigenvalue weighted by Gasteiger charge is 2.07. The summed E-state index contributed by atoms with van der Waals surface area (Å²) in [5.41, 5.74) is 1.13.